The van der Waals surface area contributed by atoms with Gasteiger partial charge in [-0.1, -0.05) is 12.1 Å². The van der Waals surface area contributed by atoms with Gasteiger partial charge in [-0.2, -0.15) is 4.98 Å². The summed E-state index contributed by atoms with van der Waals surface area (Å²) in [6, 6.07) is 11.1. The number of para-hydroxylation sites is 1. The Morgan fingerprint density at radius 2 is 1.91 bits per heavy atom. The van der Waals surface area contributed by atoms with E-state index in [1.165, 1.54) is 7.11 Å². The van der Waals surface area contributed by atoms with Crippen molar-refractivity contribution in [1.82, 2.24) is 20.5 Å². The van der Waals surface area contributed by atoms with E-state index in [4.69, 9.17) is 9.47 Å². The summed E-state index contributed by atoms with van der Waals surface area (Å²) in [5.74, 6) is 0.480. The zero-order valence-electron chi connectivity index (χ0n) is 18.0. The number of hydrogen-bond acceptors (Lipinski definition) is 7. The molecule has 1 aliphatic heterocycles. The third-order valence-electron chi connectivity index (χ3n) is 5.11. The fraction of sp³-hybridized carbons (Fsp3) is 0.227. The van der Waals surface area contributed by atoms with Crippen LogP contribution in [-0.4, -0.2) is 53.2 Å². The largest absolute Gasteiger partial charge is 0.497 e. The second-order valence-electron chi connectivity index (χ2n) is 7.22. The molecule has 1 unspecified atom stereocenters. The maximum Gasteiger partial charge on any atom is 0.254 e. The normalized spacial score (nSPS) is 15.0. The number of aromatic amines is 1. The maximum atomic E-state index is 12.5. The van der Waals surface area contributed by atoms with Crippen LogP contribution in [0.1, 0.15) is 23.2 Å². The van der Waals surface area contributed by atoms with Crippen LogP contribution in [0.4, 0.5) is 11.6 Å². The second-order valence-corrected chi connectivity index (χ2v) is 7.22. The van der Waals surface area contributed by atoms with Crippen molar-refractivity contribution in [2.75, 3.05) is 24.9 Å². The van der Waals surface area contributed by atoms with Crippen LogP contribution in [0, 0.1) is 0 Å². The van der Waals surface area contributed by atoms with Crippen molar-refractivity contribution in [3.8, 4) is 22.9 Å². The van der Waals surface area contributed by atoms with Gasteiger partial charge in [0.2, 0.25) is 17.8 Å². The van der Waals surface area contributed by atoms with E-state index in [2.05, 4.69) is 31.1 Å². The van der Waals surface area contributed by atoms with Gasteiger partial charge in [-0.25, -0.2) is 0 Å². The molecule has 3 amide bonds. The number of anilines is 2. The lowest BCUT2D eigenvalue weighted by Gasteiger charge is -2.13. The monoisotopic (exact) mass is 450 g/mol. The highest BCUT2D eigenvalue weighted by Crippen LogP contribution is 2.31. The number of carbonyl (C=O) groups is 3. The van der Waals surface area contributed by atoms with Crippen LogP contribution in [0.3, 0.4) is 0 Å². The summed E-state index contributed by atoms with van der Waals surface area (Å²) in [4.78, 5) is 41.5. The van der Waals surface area contributed by atoms with Crippen molar-refractivity contribution >= 4 is 29.4 Å². The molecular formula is C22H22N6O5. The lowest BCUT2D eigenvalue weighted by Crippen LogP contribution is -2.41. The van der Waals surface area contributed by atoms with Gasteiger partial charge in [0.1, 0.15) is 17.5 Å². The molecule has 0 saturated carbocycles. The van der Waals surface area contributed by atoms with Crippen molar-refractivity contribution in [1.29, 1.82) is 0 Å². The Labute approximate surface area is 188 Å². The number of nitrogens with one attached hydrogen (secondary N) is 4. The van der Waals surface area contributed by atoms with Gasteiger partial charge in [0.25, 0.3) is 5.91 Å². The molecule has 0 fully saturated rings. The van der Waals surface area contributed by atoms with Crippen LogP contribution in [0.15, 0.2) is 42.5 Å². The Bertz CT molecular complexity index is 1210. The van der Waals surface area contributed by atoms with Gasteiger partial charge in [-0.05, 0) is 30.7 Å². The number of aromatic nitrogens is 3. The van der Waals surface area contributed by atoms with Gasteiger partial charge in [0.05, 0.1) is 31.0 Å². The molecule has 0 aliphatic carbocycles. The lowest BCUT2D eigenvalue weighted by atomic mass is 10.1. The van der Waals surface area contributed by atoms with Crippen LogP contribution in [-0.2, 0) is 9.59 Å². The van der Waals surface area contributed by atoms with Gasteiger partial charge < -0.3 is 20.1 Å². The van der Waals surface area contributed by atoms with Crippen molar-refractivity contribution in [2.45, 2.75) is 18.9 Å². The minimum Gasteiger partial charge on any atom is -0.497 e. The number of methoxy groups -OCH3 is 2. The van der Waals surface area contributed by atoms with Crippen LogP contribution in [0.25, 0.3) is 11.4 Å². The number of H-pyrrole nitrogens is 1. The Kier molecular flexibility index (Phi) is 6.20. The van der Waals surface area contributed by atoms with Crippen molar-refractivity contribution in [2.24, 2.45) is 0 Å². The summed E-state index contributed by atoms with van der Waals surface area (Å²) in [6.45, 7) is 0. The molecule has 4 rings (SSSR count). The minimum atomic E-state index is -0.845. The first-order chi connectivity index (χ1) is 16.0. The first-order valence-corrected chi connectivity index (χ1v) is 10.1. The number of hydrogen-bond donors (Lipinski definition) is 4. The highest BCUT2D eigenvalue weighted by molar-refractivity contribution is 6.09. The molecule has 0 spiro atoms. The smallest absolute Gasteiger partial charge is 0.254 e. The number of benzene rings is 2. The van der Waals surface area contributed by atoms with Gasteiger partial charge in [0.15, 0.2) is 5.82 Å². The van der Waals surface area contributed by atoms with Crippen LogP contribution in [0.2, 0.25) is 0 Å². The summed E-state index contributed by atoms with van der Waals surface area (Å²) in [6.07, 6.45) is 0.0887. The van der Waals surface area contributed by atoms with E-state index < -0.39 is 11.9 Å². The predicted molar refractivity (Wildman–Crippen MR) is 119 cm³/mol. The quantitative estimate of drug-likeness (QED) is 0.430. The minimum absolute atomic E-state index is 0.0234. The highest BCUT2D eigenvalue weighted by atomic mass is 16.5. The van der Waals surface area contributed by atoms with Crippen LogP contribution >= 0.6 is 0 Å². The summed E-state index contributed by atoms with van der Waals surface area (Å²) in [5, 5.41) is 14.7. The van der Waals surface area contributed by atoms with Crippen molar-refractivity contribution < 1.29 is 23.9 Å². The summed E-state index contributed by atoms with van der Waals surface area (Å²) >= 11 is 0. The third kappa shape index (κ3) is 4.76. The van der Waals surface area contributed by atoms with Gasteiger partial charge in [-0.3, -0.25) is 24.8 Å². The van der Waals surface area contributed by atoms with E-state index in [1.54, 1.807) is 49.6 Å². The molecule has 2 aromatic carbocycles. The van der Waals surface area contributed by atoms with Crippen LogP contribution in [0.5, 0.6) is 11.5 Å². The molecular weight excluding hydrogens is 428 g/mol. The molecule has 0 saturated heterocycles. The standard InChI is InChI=1S/C22H22N6O5/c1-32-12-7-8-14(17(11-12)33-2)19-26-22(28-27-19)25-18(29)10-9-16-21(31)23-15-6-4-3-5-13(15)20(30)24-16/h3-8,11,16H,9-10H2,1-2H3,(H,23,31)(H,24,30)(H2,25,26,27,28,29). The zero-order chi connectivity index (χ0) is 23.4. The Hall–Kier alpha value is -4.41. The molecule has 4 N–H and O–H groups in total. The molecule has 0 radical (unpaired) electrons. The van der Waals surface area contributed by atoms with Crippen molar-refractivity contribution in [3.05, 3.63) is 48.0 Å². The molecule has 2 heterocycles. The van der Waals surface area contributed by atoms with E-state index in [-0.39, 0.29) is 30.6 Å². The third-order valence-corrected chi connectivity index (χ3v) is 5.11. The molecule has 33 heavy (non-hydrogen) atoms. The maximum absolute atomic E-state index is 12.5. The molecule has 1 aromatic heterocycles. The van der Waals surface area contributed by atoms with E-state index in [0.29, 0.717) is 34.1 Å². The average molecular weight is 450 g/mol. The first-order valence-electron chi connectivity index (χ1n) is 10.1. The molecule has 1 aliphatic rings. The average Bonchev–Trinajstić information content (AvgIpc) is 3.24. The molecule has 3 aromatic rings. The Morgan fingerprint density at radius 1 is 1.09 bits per heavy atom. The number of fused-ring (bicyclic) bond motifs is 1. The lowest BCUT2D eigenvalue weighted by molar-refractivity contribution is -0.118. The van der Waals surface area contributed by atoms with Gasteiger partial charge >= 0.3 is 0 Å². The van der Waals surface area contributed by atoms with Crippen LogP contribution < -0.4 is 25.4 Å². The highest BCUT2D eigenvalue weighted by Gasteiger charge is 2.28. The summed E-state index contributed by atoms with van der Waals surface area (Å²) in [5.41, 5.74) is 1.46. The number of carbonyl (C=O) groups excluding carboxylic acids is 3. The van der Waals surface area contributed by atoms with Crippen molar-refractivity contribution in [3.63, 3.8) is 0 Å². The first kappa shape index (κ1) is 21.8. The number of nitrogens with zero attached hydrogens (tertiary/aromatic N) is 2. The fourth-order valence-electron chi connectivity index (χ4n) is 3.41. The van der Waals surface area contributed by atoms with Gasteiger partial charge in [0, 0.05) is 12.5 Å². The summed E-state index contributed by atoms with van der Waals surface area (Å²) in [7, 11) is 3.08. The molecule has 0 bridgehead atoms. The van der Waals surface area contributed by atoms with E-state index in [0.717, 1.165) is 0 Å². The topological polar surface area (TPSA) is 147 Å². The number of rotatable bonds is 7. The Morgan fingerprint density at radius 3 is 2.70 bits per heavy atom. The molecule has 11 heteroatoms. The molecule has 1 atom stereocenters. The zero-order valence-corrected chi connectivity index (χ0v) is 18.0. The van der Waals surface area contributed by atoms with E-state index >= 15 is 0 Å². The second kappa shape index (κ2) is 9.39. The SMILES string of the molecule is COc1ccc(-c2nc(NC(=O)CCC3NC(=O)c4ccccc4NC3=O)n[nH]2)c(OC)c1. The predicted octanol–water partition coefficient (Wildman–Crippen LogP) is 1.96. The van der Waals surface area contributed by atoms with E-state index in [9.17, 15) is 14.4 Å². The molecule has 170 valence electrons. The van der Waals surface area contributed by atoms with Gasteiger partial charge in [-0.15, -0.1) is 5.10 Å². The number of ether oxygens (including phenoxy) is 2. The molecule has 11 nitrogen and oxygen atoms in total. The number of amides is 3. The summed E-state index contributed by atoms with van der Waals surface area (Å²) < 4.78 is 10.5. The van der Waals surface area contributed by atoms with E-state index in [1.807, 2.05) is 0 Å². The Balaban J connectivity index is 1.37. The fourth-order valence-corrected chi connectivity index (χ4v) is 3.41.